The first-order chi connectivity index (χ1) is 15.0. The van der Waals surface area contributed by atoms with E-state index in [0.29, 0.717) is 34.9 Å². The van der Waals surface area contributed by atoms with Gasteiger partial charge in [0.05, 0.1) is 22.4 Å². The molecule has 0 spiro atoms. The summed E-state index contributed by atoms with van der Waals surface area (Å²) in [5, 5.41) is 15.2. The molecule has 0 unspecified atom stereocenters. The average Bonchev–Trinajstić information content (AvgIpc) is 3.37. The fourth-order valence-electron chi connectivity index (χ4n) is 3.71. The van der Waals surface area contributed by atoms with Gasteiger partial charge in [-0.3, -0.25) is 0 Å². The SMILES string of the molecule is CC1(C)OC(=O)C(c2ccc(OCc3ccc4ccccc4n3)cc2)=C1c1nn[nH]n1. The molecule has 3 heterocycles. The normalized spacial score (nSPS) is 15.4. The monoisotopic (exact) mass is 413 g/mol. The Hall–Kier alpha value is -4.07. The molecule has 0 aliphatic carbocycles. The topological polar surface area (TPSA) is 103 Å². The van der Waals surface area contributed by atoms with Crippen LogP contribution >= 0.6 is 0 Å². The van der Waals surface area contributed by atoms with Gasteiger partial charge in [0.1, 0.15) is 18.0 Å². The molecule has 8 nitrogen and oxygen atoms in total. The van der Waals surface area contributed by atoms with Crippen molar-refractivity contribution in [3.63, 3.8) is 0 Å². The van der Waals surface area contributed by atoms with Crippen LogP contribution in [0.4, 0.5) is 0 Å². The van der Waals surface area contributed by atoms with Crippen molar-refractivity contribution >= 4 is 28.0 Å². The lowest BCUT2D eigenvalue weighted by Gasteiger charge is -2.18. The molecular weight excluding hydrogens is 394 g/mol. The summed E-state index contributed by atoms with van der Waals surface area (Å²) < 4.78 is 11.4. The molecule has 1 aliphatic rings. The summed E-state index contributed by atoms with van der Waals surface area (Å²) in [7, 11) is 0. The van der Waals surface area contributed by atoms with E-state index in [1.807, 2.05) is 60.7 Å². The number of pyridine rings is 1. The molecule has 5 rings (SSSR count). The van der Waals surface area contributed by atoms with Crippen molar-refractivity contribution in [3.05, 3.63) is 77.7 Å². The average molecular weight is 413 g/mol. The van der Waals surface area contributed by atoms with E-state index < -0.39 is 11.6 Å². The van der Waals surface area contributed by atoms with E-state index in [1.165, 1.54) is 0 Å². The summed E-state index contributed by atoms with van der Waals surface area (Å²) in [6.45, 7) is 3.95. The second-order valence-electron chi connectivity index (χ2n) is 7.69. The van der Waals surface area contributed by atoms with Crippen LogP contribution in [0, 0.1) is 0 Å². The number of cyclic esters (lactones) is 1. The van der Waals surface area contributed by atoms with E-state index in [4.69, 9.17) is 9.47 Å². The predicted octanol–water partition coefficient (Wildman–Crippen LogP) is 3.57. The molecule has 31 heavy (non-hydrogen) atoms. The number of tetrazole rings is 1. The number of fused-ring (bicyclic) bond motifs is 1. The largest absolute Gasteiger partial charge is 0.487 e. The number of carbonyl (C=O) groups is 1. The van der Waals surface area contributed by atoms with E-state index in [9.17, 15) is 4.79 Å². The van der Waals surface area contributed by atoms with Gasteiger partial charge in [-0.05, 0) is 48.9 Å². The Morgan fingerprint density at radius 3 is 2.61 bits per heavy atom. The van der Waals surface area contributed by atoms with Crippen LogP contribution in [0.15, 0.2) is 60.7 Å². The summed E-state index contributed by atoms with van der Waals surface area (Å²) in [4.78, 5) is 17.2. The van der Waals surface area contributed by atoms with Crippen LogP contribution in [0.2, 0.25) is 0 Å². The molecular formula is C23H19N5O3. The summed E-state index contributed by atoms with van der Waals surface area (Å²) in [6, 6.07) is 19.2. The molecule has 154 valence electrons. The molecule has 1 aliphatic heterocycles. The Morgan fingerprint density at radius 2 is 1.84 bits per heavy atom. The van der Waals surface area contributed by atoms with Crippen molar-refractivity contribution in [2.45, 2.75) is 26.1 Å². The van der Waals surface area contributed by atoms with Crippen molar-refractivity contribution < 1.29 is 14.3 Å². The van der Waals surface area contributed by atoms with Gasteiger partial charge in [-0.2, -0.15) is 5.21 Å². The second kappa shape index (κ2) is 7.32. The molecule has 1 N–H and O–H groups in total. The van der Waals surface area contributed by atoms with Crippen LogP contribution in [0.3, 0.4) is 0 Å². The van der Waals surface area contributed by atoms with Crippen LogP contribution in [-0.4, -0.2) is 37.2 Å². The van der Waals surface area contributed by atoms with Crippen LogP contribution in [-0.2, 0) is 16.1 Å². The molecule has 0 saturated carbocycles. The van der Waals surface area contributed by atoms with Gasteiger partial charge < -0.3 is 9.47 Å². The van der Waals surface area contributed by atoms with Crippen molar-refractivity contribution in [2.24, 2.45) is 0 Å². The van der Waals surface area contributed by atoms with Crippen molar-refractivity contribution in [2.75, 3.05) is 0 Å². The summed E-state index contributed by atoms with van der Waals surface area (Å²) >= 11 is 0. The number of ether oxygens (including phenoxy) is 2. The molecule has 0 atom stereocenters. The highest BCUT2D eigenvalue weighted by Gasteiger charge is 2.43. The number of nitrogens with zero attached hydrogens (tertiary/aromatic N) is 4. The van der Waals surface area contributed by atoms with Gasteiger partial charge in [0.25, 0.3) is 0 Å². The Kier molecular flexibility index (Phi) is 4.47. The smallest absolute Gasteiger partial charge is 0.340 e. The maximum absolute atomic E-state index is 12.6. The van der Waals surface area contributed by atoms with Gasteiger partial charge in [-0.15, -0.1) is 10.2 Å². The first-order valence-corrected chi connectivity index (χ1v) is 9.81. The molecule has 0 saturated heterocycles. The van der Waals surface area contributed by atoms with E-state index in [1.54, 1.807) is 13.8 Å². The number of H-pyrrole nitrogens is 1. The zero-order valence-corrected chi connectivity index (χ0v) is 17.0. The fraction of sp³-hybridized carbons (Fsp3) is 0.174. The Bertz CT molecular complexity index is 1290. The first-order valence-electron chi connectivity index (χ1n) is 9.81. The molecule has 0 radical (unpaired) electrons. The lowest BCUT2D eigenvalue weighted by molar-refractivity contribution is -0.141. The maximum Gasteiger partial charge on any atom is 0.340 e. The van der Waals surface area contributed by atoms with Crippen molar-refractivity contribution in [1.82, 2.24) is 25.6 Å². The number of aromatic amines is 1. The summed E-state index contributed by atoms with van der Waals surface area (Å²) in [6.07, 6.45) is 0. The fourth-order valence-corrected chi connectivity index (χ4v) is 3.71. The third kappa shape index (κ3) is 3.52. The molecule has 0 bridgehead atoms. The quantitative estimate of drug-likeness (QED) is 0.499. The number of benzene rings is 2. The number of nitrogens with one attached hydrogen (secondary N) is 1. The number of carbonyl (C=O) groups excluding carboxylic acids is 1. The van der Waals surface area contributed by atoms with Crippen LogP contribution in [0.25, 0.3) is 22.0 Å². The Balaban J connectivity index is 1.39. The van der Waals surface area contributed by atoms with Gasteiger partial charge in [0.15, 0.2) is 0 Å². The molecule has 4 aromatic rings. The van der Waals surface area contributed by atoms with Gasteiger partial charge in [0.2, 0.25) is 5.82 Å². The Morgan fingerprint density at radius 1 is 1.03 bits per heavy atom. The molecule has 0 amide bonds. The number of esters is 1. The van der Waals surface area contributed by atoms with Crippen molar-refractivity contribution in [3.8, 4) is 5.75 Å². The van der Waals surface area contributed by atoms with Crippen LogP contribution < -0.4 is 4.74 Å². The summed E-state index contributed by atoms with van der Waals surface area (Å²) in [5.74, 6) is 0.596. The molecule has 2 aromatic heterocycles. The van der Waals surface area contributed by atoms with Crippen LogP contribution in [0.1, 0.15) is 30.9 Å². The number of rotatable bonds is 5. The highest BCUT2D eigenvalue weighted by molar-refractivity contribution is 6.28. The zero-order chi connectivity index (χ0) is 21.4. The van der Waals surface area contributed by atoms with Crippen molar-refractivity contribution in [1.29, 1.82) is 0 Å². The second-order valence-corrected chi connectivity index (χ2v) is 7.69. The van der Waals surface area contributed by atoms with Crippen LogP contribution in [0.5, 0.6) is 5.75 Å². The highest BCUT2D eigenvalue weighted by atomic mass is 16.6. The first kappa shape index (κ1) is 18.9. The number of hydrogen-bond acceptors (Lipinski definition) is 7. The molecule has 8 heteroatoms. The standard InChI is InChI=1S/C23H19N5O3/c1-23(2)20(21-25-27-28-26-21)19(22(29)31-23)15-8-11-17(12-9-15)30-13-16-10-7-14-5-3-4-6-18(14)24-16/h3-12H,13H2,1-2H3,(H,25,26,27,28). The van der Waals surface area contributed by atoms with E-state index in [-0.39, 0.29) is 0 Å². The minimum absolute atomic E-state index is 0.341. The van der Waals surface area contributed by atoms with Gasteiger partial charge in [-0.25, -0.2) is 9.78 Å². The third-order valence-electron chi connectivity index (χ3n) is 5.16. The number of hydrogen-bond donors (Lipinski definition) is 1. The molecule has 0 fully saturated rings. The number of aromatic nitrogens is 5. The van der Waals surface area contributed by atoms with E-state index in [0.717, 1.165) is 16.6 Å². The zero-order valence-electron chi connectivity index (χ0n) is 17.0. The number of para-hydroxylation sites is 1. The lowest BCUT2D eigenvalue weighted by Crippen LogP contribution is -2.22. The van der Waals surface area contributed by atoms with Gasteiger partial charge >= 0.3 is 5.97 Å². The minimum atomic E-state index is -0.854. The summed E-state index contributed by atoms with van der Waals surface area (Å²) in [5.41, 5.74) is 2.64. The van der Waals surface area contributed by atoms with E-state index in [2.05, 4.69) is 25.6 Å². The maximum atomic E-state index is 12.6. The minimum Gasteiger partial charge on any atom is -0.487 e. The van der Waals surface area contributed by atoms with Gasteiger partial charge in [0, 0.05) is 5.39 Å². The lowest BCUT2D eigenvalue weighted by atomic mass is 9.91. The Labute approximate surface area is 177 Å². The molecule has 2 aromatic carbocycles. The third-order valence-corrected chi connectivity index (χ3v) is 5.16. The van der Waals surface area contributed by atoms with E-state index >= 15 is 0 Å². The predicted molar refractivity (Wildman–Crippen MR) is 114 cm³/mol. The van der Waals surface area contributed by atoms with Gasteiger partial charge in [-0.1, -0.05) is 36.4 Å². The highest BCUT2D eigenvalue weighted by Crippen LogP contribution is 2.42.